The summed E-state index contributed by atoms with van der Waals surface area (Å²) in [6.07, 6.45) is 1.58. The van der Waals surface area contributed by atoms with Crippen molar-refractivity contribution in [2.24, 2.45) is 5.10 Å². The van der Waals surface area contributed by atoms with E-state index in [1.807, 2.05) is 0 Å². The third-order valence-electron chi connectivity index (χ3n) is 2.24. The Morgan fingerprint density at radius 2 is 2.12 bits per heavy atom. The van der Waals surface area contributed by atoms with E-state index >= 15 is 0 Å². The van der Waals surface area contributed by atoms with E-state index in [2.05, 4.69) is 5.10 Å². The molecule has 8 heteroatoms. The molecule has 0 unspecified atom stereocenters. The molecule has 1 amide bonds. The number of nitrogens with zero attached hydrogens (tertiary/aromatic N) is 2. The second-order valence-corrected chi connectivity index (χ2v) is 6.11. The molecular weight excluding hydrogens is 248 g/mol. The average Bonchev–Trinajstić information content (AvgIpc) is 2.18. The Morgan fingerprint density at radius 3 is 2.65 bits per heavy atom. The number of aliphatic carboxylic acids is 1. The van der Waals surface area contributed by atoms with Crippen molar-refractivity contribution in [3.63, 3.8) is 0 Å². The van der Waals surface area contributed by atoms with Gasteiger partial charge in [0, 0.05) is 25.6 Å². The first-order valence-corrected chi connectivity index (χ1v) is 7.14. The number of hydrazone groups is 1. The lowest BCUT2D eigenvalue weighted by molar-refractivity contribution is -0.132. The normalized spacial score (nSPS) is 16.9. The van der Waals surface area contributed by atoms with Crippen molar-refractivity contribution < 1.29 is 23.1 Å². The van der Waals surface area contributed by atoms with Gasteiger partial charge in [-0.25, -0.2) is 18.2 Å². The highest BCUT2D eigenvalue weighted by atomic mass is 32.2. The van der Waals surface area contributed by atoms with Crippen molar-refractivity contribution in [2.45, 2.75) is 19.3 Å². The van der Waals surface area contributed by atoms with Gasteiger partial charge in [0.15, 0.2) is 0 Å². The van der Waals surface area contributed by atoms with Crippen LogP contribution in [0, 0.1) is 0 Å². The first-order chi connectivity index (χ1) is 7.79. The molecule has 96 valence electrons. The Bertz CT molecular complexity index is 454. The van der Waals surface area contributed by atoms with Crippen LogP contribution in [0.4, 0.5) is 0 Å². The van der Waals surface area contributed by atoms with Gasteiger partial charge in [-0.2, -0.15) is 5.10 Å². The molecule has 7 nitrogen and oxygen atoms in total. The van der Waals surface area contributed by atoms with Crippen LogP contribution in [0.1, 0.15) is 19.3 Å². The Balaban J connectivity index is 2.59. The van der Waals surface area contributed by atoms with Crippen molar-refractivity contribution in [1.82, 2.24) is 5.01 Å². The first-order valence-electron chi connectivity index (χ1n) is 5.08. The fourth-order valence-corrected chi connectivity index (χ4v) is 2.06. The average molecular weight is 262 g/mol. The molecule has 0 aliphatic carbocycles. The molecule has 1 aliphatic rings. The summed E-state index contributed by atoms with van der Waals surface area (Å²) in [5.41, 5.74) is -0.0658. The number of carbonyl (C=O) groups excluding carboxylic acids is 1. The van der Waals surface area contributed by atoms with Crippen LogP contribution in [0.15, 0.2) is 5.10 Å². The topological polar surface area (TPSA) is 104 Å². The van der Waals surface area contributed by atoms with E-state index in [0.29, 0.717) is 0 Å². The van der Waals surface area contributed by atoms with Gasteiger partial charge in [0.1, 0.15) is 15.5 Å². The van der Waals surface area contributed by atoms with Crippen LogP contribution in [0.25, 0.3) is 0 Å². The molecule has 17 heavy (non-hydrogen) atoms. The second kappa shape index (κ2) is 5.26. The number of hydrogen-bond donors (Lipinski definition) is 1. The fourth-order valence-electron chi connectivity index (χ4n) is 1.41. The predicted octanol–water partition coefficient (Wildman–Crippen LogP) is -0.516. The molecule has 0 fully saturated rings. The van der Waals surface area contributed by atoms with E-state index < -0.39 is 15.8 Å². The number of carbonyl (C=O) groups is 2. The summed E-state index contributed by atoms with van der Waals surface area (Å²) in [6.45, 7) is 0.128. The molecule has 0 saturated heterocycles. The van der Waals surface area contributed by atoms with Crippen LogP contribution in [0.3, 0.4) is 0 Å². The standard InChI is InChI=1S/C9H14N2O5S/c1-17(15,16)6-2-5-11-8(12)4-3-7(10-11)9(13)14/h2-6H2,1H3,(H,13,14). The van der Waals surface area contributed by atoms with Crippen molar-refractivity contribution in [3.05, 3.63) is 0 Å². The molecule has 1 heterocycles. The van der Waals surface area contributed by atoms with Crippen molar-refractivity contribution in [2.75, 3.05) is 18.6 Å². The van der Waals surface area contributed by atoms with Crippen LogP contribution in [-0.4, -0.2) is 54.7 Å². The Labute approximate surface area is 99.0 Å². The lowest BCUT2D eigenvalue weighted by atomic mass is 10.1. The molecule has 0 aromatic rings. The summed E-state index contributed by atoms with van der Waals surface area (Å²) in [6, 6.07) is 0. The molecule has 0 atom stereocenters. The quantitative estimate of drug-likeness (QED) is 0.718. The molecule has 1 N–H and O–H groups in total. The number of amides is 1. The minimum absolute atomic E-state index is 0.0469. The van der Waals surface area contributed by atoms with Crippen LogP contribution in [0.5, 0.6) is 0 Å². The highest BCUT2D eigenvalue weighted by Crippen LogP contribution is 2.10. The van der Waals surface area contributed by atoms with E-state index in [1.165, 1.54) is 0 Å². The Hall–Kier alpha value is -1.44. The van der Waals surface area contributed by atoms with Gasteiger partial charge in [-0.05, 0) is 6.42 Å². The molecular formula is C9H14N2O5S. The van der Waals surface area contributed by atoms with Gasteiger partial charge in [0.2, 0.25) is 5.91 Å². The molecule has 0 bridgehead atoms. The maximum absolute atomic E-state index is 11.4. The summed E-state index contributed by atoms with van der Waals surface area (Å²) >= 11 is 0. The predicted molar refractivity (Wildman–Crippen MR) is 60.3 cm³/mol. The van der Waals surface area contributed by atoms with E-state index in [9.17, 15) is 18.0 Å². The van der Waals surface area contributed by atoms with Gasteiger partial charge in [-0.1, -0.05) is 0 Å². The molecule has 0 radical (unpaired) electrons. The van der Waals surface area contributed by atoms with Crippen molar-refractivity contribution in [3.8, 4) is 0 Å². The number of hydrogen-bond acceptors (Lipinski definition) is 5. The molecule has 0 aromatic carbocycles. The van der Waals surface area contributed by atoms with Gasteiger partial charge in [-0.3, -0.25) is 4.79 Å². The molecule has 0 aromatic heterocycles. The maximum Gasteiger partial charge on any atom is 0.352 e. The van der Waals surface area contributed by atoms with Gasteiger partial charge in [0.25, 0.3) is 0 Å². The maximum atomic E-state index is 11.4. The monoisotopic (exact) mass is 262 g/mol. The first kappa shape index (κ1) is 13.6. The molecule has 1 aliphatic heterocycles. The van der Waals surface area contributed by atoms with E-state index in [0.717, 1.165) is 11.3 Å². The highest BCUT2D eigenvalue weighted by molar-refractivity contribution is 7.90. The summed E-state index contributed by atoms with van der Waals surface area (Å²) in [5, 5.41) is 13.5. The smallest absolute Gasteiger partial charge is 0.352 e. The van der Waals surface area contributed by atoms with Crippen LogP contribution < -0.4 is 0 Å². The highest BCUT2D eigenvalue weighted by Gasteiger charge is 2.23. The minimum Gasteiger partial charge on any atom is -0.477 e. The zero-order chi connectivity index (χ0) is 13.1. The Kier molecular flexibility index (Phi) is 4.22. The van der Waals surface area contributed by atoms with E-state index in [1.54, 1.807) is 0 Å². The van der Waals surface area contributed by atoms with Crippen molar-refractivity contribution in [1.29, 1.82) is 0 Å². The molecule has 0 spiro atoms. The number of carboxylic acids is 1. The number of carboxylic acid groups (broad SMARTS) is 1. The van der Waals surface area contributed by atoms with Crippen LogP contribution in [-0.2, 0) is 19.4 Å². The van der Waals surface area contributed by atoms with Gasteiger partial charge >= 0.3 is 5.97 Å². The minimum atomic E-state index is -3.08. The number of rotatable bonds is 5. The summed E-state index contributed by atoms with van der Waals surface area (Å²) in [7, 11) is -3.08. The fraction of sp³-hybridized carbons (Fsp3) is 0.667. The van der Waals surface area contributed by atoms with Crippen LogP contribution in [0.2, 0.25) is 0 Å². The summed E-state index contributed by atoms with van der Waals surface area (Å²) in [5.74, 6) is -1.47. The van der Waals surface area contributed by atoms with Gasteiger partial charge in [0.05, 0.1) is 5.75 Å². The Morgan fingerprint density at radius 1 is 1.47 bits per heavy atom. The summed E-state index contributed by atoms with van der Waals surface area (Å²) in [4.78, 5) is 22.1. The zero-order valence-corrected chi connectivity index (χ0v) is 10.2. The lowest BCUT2D eigenvalue weighted by Crippen LogP contribution is -2.35. The zero-order valence-electron chi connectivity index (χ0n) is 9.42. The van der Waals surface area contributed by atoms with Crippen molar-refractivity contribution >= 4 is 27.4 Å². The largest absolute Gasteiger partial charge is 0.477 e. The molecule has 1 rings (SSSR count). The molecule has 0 saturated carbocycles. The van der Waals surface area contributed by atoms with E-state index in [-0.39, 0.29) is 43.2 Å². The second-order valence-electron chi connectivity index (χ2n) is 3.85. The third kappa shape index (κ3) is 4.51. The number of sulfone groups is 1. The third-order valence-corrected chi connectivity index (χ3v) is 3.27. The van der Waals surface area contributed by atoms with Gasteiger partial charge in [-0.15, -0.1) is 0 Å². The van der Waals surface area contributed by atoms with Crippen LogP contribution >= 0.6 is 0 Å². The lowest BCUT2D eigenvalue weighted by Gasteiger charge is -2.21. The van der Waals surface area contributed by atoms with Gasteiger partial charge < -0.3 is 5.11 Å². The van der Waals surface area contributed by atoms with E-state index in [4.69, 9.17) is 5.11 Å². The summed E-state index contributed by atoms with van der Waals surface area (Å²) < 4.78 is 21.8. The SMILES string of the molecule is CS(=O)(=O)CCCN1N=C(C(=O)O)CCC1=O.